The number of nitrogens with zero attached hydrogens (tertiary/aromatic N) is 3. The monoisotopic (exact) mass is 421 g/mol. The van der Waals surface area contributed by atoms with E-state index in [4.69, 9.17) is 5.11 Å². The van der Waals surface area contributed by atoms with Crippen LogP contribution in [0.5, 0.6) is 0 Å². The number of piperidine rings is 1. The number of aliphatic carboxylic acids is 1. The second-order valence-corrected chi connectivity index (χ2v) is 7.91. The van der Waals surface area contributed by atoms with Crippen LogP contribution in [0, 0.1) is 10.1 Å². The van der Waals surface area contributed by atoms with Gasteiger partial charge >= 0.3 is 11.8 Å². The van der Waals surface area contributed by atoms with Crippen LogP contribution < -0.4 is 0 Å². The van der Waals surface area contributed by atoms with E-state index in [9.17, 15) is 24.8 Å². The van der Waals surface area contributed by atoms with Crippen LogP contribution in [-0.4, -0.2) is 55.6 Å². The molecule has 2 N–H and O–H groups in total. The van der Waals surface area contributed by atoms with Gasteiger partial charge in [-0.15, -0.1) is 0 Å². The Morgan fingerprint density at radius 1 is 1.30 bits per heavy atom. The number of carbonyl (C=O) groups excluding carboxylic acids is 1. The van der Waals surface area contributed by atoms with Crippen molar-refractivity contribution in [1.82, 2.24) is 9.88 Å². The molecular formula is C21H31N3O6. The van der Waals surface area contributed by atoms with Crippen LogP contribution >= 0.6 is 0 Å². The molecule has 0 radical (unpaired) electrons. The summed E-state index contributed by atoms with van der Waals surface area (Å²) in [6.07, 6.45) is 8.27. The molecule has 1 aromatic heterocycles. The topological polar surface area (TPSA) is 134 Å². The fourth-order valence-electron chi connectivity index (χ4n) is 3.92. The van der Waals surface area contributed by atoms with E-state index in [2.05, 4.69) is 4.98 Å². The van der Waals surface area contributed by atoms with Crippen molar-refractivity contribution >= 4 is 17.7 Å². The number of aliphatic hydroxyl groups excluding tert-OH is 1. The fourth-order valence-corrected chi connectivity index (χ4v) is 3.92. The SMILES string of the molecule is O=C(O)CCCCCCN1C(=O)CCC[C@@H]1CCC(O)Cc1ccc([N+](=O)[O-])nc1. The lowest BCUT2D eigenvalue weighted by Crippen LogP contribution is -2.44. The van der Waals surface area contributed by atoms with Crippen LogP contribution in [0.3, 0.4) is 0 Å². The smallest absolute Gasteiger partial charge is 0.363 e. The number of carbonyl (C=O) groups is 2. The summed E-state index contributed by atoms with van der Waals surface area (Å²) in [5.41, 5.74) is 0.742. The third kappa shape index (κ3) is 8.06. The zero-order valence-electron chi connectivity index (χ0n) is 17.2. The third-order valence-corrected chi connectivity index (χ3v) is 5.53. The molecule has 0 bridgehead atoms. The number of likely N-dealkylation sites (tertiary alicyclic amines) is 1. The quantitative estimate of drug-likeness (QED) is 0.284. The number of unbranched alkanes of at least 4 members (excludes halogenated alkanes) is 3. The van der Waals surface area contributed by atoms with Gasteiger partial charge in [0.25, 0.3) is 0 Å². The first-order chi connectivity index (χ1) is 14.4. The highest BCUT2D eigenvalue weighted by Gasteiger charge is 2.27. The molecule has 1 saturated heterocycles. The summed E-state index contributed by atoms with van der Waals surface area (Å²) in [4.78, 5) is 38.7. The van der Waals surface area contributed by atoms with Crippen molar-refractivity contribution in [3.63, 3.8) is 0 Å². The largest absolute Gasteiger partial charge is 0.481 e. The van der Waals surface area contributed by atoms with Gasteiger partial charge in [0.1, 0.15) is 6.20 Å². The predicted molar refractivity (Wildman–Crippen MR) is 110 cm³/mol. The first-order valence-corrected chi connectivity index (χ1v) is 10.7. The Hall–Kier alpha value is -2.55. The molecule has 2 atom stereocenters. The van der Waals surface area contributed by atoms with E-state index in [-0.39, 0.29) is 24.2 Å². The number of hydrogen-bond acceptors (Lipinski definition) is 6. The Labute approximate surface area is 176 Å². The highest BCUT2D eigenvalue weighted by Crippen LogP contribution is 2.24. The Morgan fingerprint density at radius 2 is 2.07 bits per heavy atom. The van der Waals surface area contributed by atoms with Crippen molar-refractivity contribution in [2.45, 2.75) is 82.8 Å². The van der Waals surface area contributed by atoms with Crippen molar-refractivity contribution in [2.24, 2.45) is 0 Å². The molecule has 2 heterocycles. The molecule has 166 valence electrons. The van der Waals surface area contributed by atoms with Crippen molar-refractivity contribution in [1.29, 1.82) is 0 Å². The summed E-state index contributed by atoms with van der Waals surface area (Å²) in [6, 6.07) is 3.06. The number of carboxylic acid groups (broad SMARTS) is 1. The van der Waals surface area contributed by atoms with Gasteiger partial charge in [-0.3, -0.25) is 9.59 Å². The normalized spacial score (nSPS) is 17.7. The van der Waals surface area contributed by atoms with Gasteiger partial charge in [-0.1, -0.05) is 12.8 Å². The fraction of sp³-hybridized carbons (Fsp3) is 0.667. The minimum absolute atomic E-state index is 0.120. The summed E-state index contributed by atoms with van der Waals surface area (Å²) in [5, 5.41) is 29.7. The van der Waals surface area contributed by atoms with E-state index in [1.165, 1.54) is 12.3 Å². The lowest BCUT2D eigenvalue weighted by atomic mass is 9.94. The number of pyridine rings is 1. The third-order valence-electron chi connectivity index (χ3n) is 5.53. The molecule has 0 spiro atoms. The molecule has 0 saturated carbocycles. The van der Waals surface area contributed by atoms with E-state index in [1.807, 2.05) is 4.90 Å². The second-order valence-electron chi connectivity index (χ2n) is 7.91. The second kappa shape index (κ2) is 12.2. The van der Waals surface area contributed by atoms with Crippen molar-refractivity contribution in [3.05, 3.63) is 34.0 Å². The van der Waals surface area contributed by atoms with Gasteiger partial charge in [0.2, 0.25) is 5.91 Å². The van der Waals surface area contributed by atoms with E-state index in [0.29, 0.717) is 38.6 Å². The van der Waals surface area contributed by atoms with Gasteiger partial charge in [-0.25, -0.2) is 0 Å². The van der Waals surface area contributed by atoms with Crippen LogP contribution in [-0.2, 0) is 16.0 Å². The Morgan fingerprint density at radius 3 is 2.73 bits per heavy atom. The first-order valence-electron chi connectivity index (χ1n) is 10.7. The highest BCUT2D eigenvalue weighted by molar-refractivity contribution is 5.77. The van der Waals surface area contributed by atoms with Gasteiger partial charge in [-0.2, -0.15) is 0 Å². The number of hydrogen-bond donors (Lipinski definition) is 2. The van der Waals surface area contributed by atoms with Crippen molar-refractivity contribution in [3.8, 4) is 0 Å². The van der Waals surface area contributed by atoms with E-state index >= 15 is 0 Å². The molecule has 1 amide bonds. The molecule has 30 heavy (non-hydrogen) atoms. The van der Waals surface area contributed by atoms with Crippen molar-refractivity contribution < 1.29 is 24.7 Å². The average Bonchev–Trinajstić information content (AvgIpc) is 2.70. The lowest BCUT2D eigenvalue weighted by Gasteiger charge is -2.36. The van der Waals surface area contributed by atoms with E-state index < -0.39 is 17.0 Å². The maximum absolute atomic E-state index is 12.4. The summed E-state index contributed by atoms with van der Waals surface area (Å²) < 4.78 is 0. The molecule has 0 aliphatic carbocycles. The number of carboxylic acids is 1. The number of nitro groups is 1. The van der Waals surface area contributed by atoms with Crippen LogP contribution in [0.4, 0.5) is 5.82 Å². The maximum atomic E-state index is 12.4. The number of amides is 1. The van der Waals surface area contributed by atoms with E-state index in [1.54, 1.807) is 6.07 Å². The van der Waals surface area contributed by atoms with Crippen LogP contribution in [0.1, 0.15) is 69.8 Å². The first kappa shape index (κ1) is 23.7. The maximum Gasteiger partial charge on any atom is 0.363 e. The molecule has 1 aliphatic rings. The zero-order valence-corrected chi connectivity index (χ0v) is 17.2. The Kier molecular flexibility index (Phi) is 9.66. The van der Waals surface area contributed by atoms with Crippen LogP contribution in [0.15, 0.2) is 18.3 Å². The van der Waals surface area contributed by atoms with Gasteiger partial charge in [0, 0.05) is 37.9 Å². The highest BCUT2D eigenvalue weighted by atomic mass is 16.6. The average molecular weight is 421 g/mol. The summed E-state index contributed by atoms with van der Waals surface area (Å²) in [5.74, 6) is -0.831. The minimum atomic E-state index is -0.774. The Bertz CT molecular complexity index is 709. The number of aliphatic hydroxyl groups is 1. The lowest BCUT2D eigenvalue weighted by molar-refractivity contribution is -0.389. The summed E-state index contributed by atoms with van der Waals surface area (Å²) in [7, 11) is 0. The van der Waals surface area contributed by atoms with Crippen molar-refractivity contribution in [2.75, 3.05) is 6.54 Å². The molecule has 1 aromatic rings. The summed E-state index contributed by atoms with van der Waals surface area (Å²) in [6.45, 7) is 0.680. The van der Waals surface area contributed by atoms with Crippen LogP contribution in [0.25, 0.3) is 0 Å². The van der Waals surface area contributed by atoms with Gasteiger partial charge in [0.05, 0.1) is 6.10 Å². The Balaban J connectivity index is 1.75. The molecule has 1 aliphatic heterocycles. The molecule has 1 fully saturated rings. The molecule has 0 aromatic carbocycles. The summed E-state index contributed by atoms with van der Waals surface area (Å²) >= 11 is 0. The molecule has 2 rings (SSSR count). The van der Waals surface area contributed by atoms with Gasteiger partial charge in [-0.05, 0) is 60.1 Å². The van der Waals surface area contributed by atoms with Crippen LogP contribution in [0.2, 0.25) is 0 Å². The standard InChI is InChI=1S/C21H31N3O6/c25-18(14-16-9-12-19(22-15-16)24(29)30)11-10-17-6-5-7-20(26)23(17)13-4-2-1-3-8-21(27)28/h9,12,15,17-18,25H,1-8,10-11,13-14H2,(H,27,28)/t17-,18?/m1/s1. The molecular weight excluding hydrogens is 390 g/mol. The number of aromatic nitrogens is 1. The minimum Gasteiger partial charge on any atom is -0.481 e. The zero-order chi connectivity index (χ0) is 21.9. The predicted octanol–water partition coefficient (Wildman–Crippen LogP) is 3.09. The molecule has 1 unspecified atom stereocenters. The van der Waals surface area contributed by atoms with Gasteiger partial charge in [0.15, 0.2) is 0 Å². The molecule has 9 heteroatoms. The van der Waals surface area contributed by atoms with E-state index in [0.717, 1.165) is 37.7 Å². The number of rotatable bonds is 13. The van der Waals surface area contributed by atoms with Gasteiger partial charge < -0.3 is 25.2 Å². The molecule has 9 nitrogen and oxygen atoms in total.